The summed E-state index contributed by atoms with van der Waals surface area (Å²) < 4.78 is 0. The smallest absolute Gasteiger partial charge is 0.244 e. The quantitative estimate of drug-likeness (QED) is 0.812. The molecule has 0 aliphatic rings. The van der Waals surface area contributed by atoms with E-state index in [0.29, 0.717) is 5.82 Å². The third-order valence-corrected chi connectivity index (χ3v) is 2.68. The first-order chi connectivity index (χ1) is 8.97. The average Bonchev–Trinajstić information content (AvgIpc) is 2.37. The molecule has 0 fully saturated rings. The Morgan fingerprint density at radius 2 is 2.00 bits per heavy atom. The second kappa shape index (κ2) is 6.92. The standard InChI is InChI=1S/C13H23N5O/c1-6-7-10-16-11(14-3)8-12(17-10)15-9(2)13(19)18(4)5/h8-9H,6-7H2,1-5H3,(H2,14,15,16,17). The van der Waals surface area contributed by atoms with Gasteiger partial charge in [0.05, 0.1) is 0 Å². The van der Waals surface area contributed by atoms with Crippen molar-refractivity contribution < 1.29 is 4.79 Å². The minimum atomic E-state index is -0.316. The highest BCUT2D eigenvalue weighted by Gasteiger charge is 2.15. The van der Waals surface area contributed by atoms with Crippen LogP contribution in [0, 0.1) is 0 Å². The fourth-order valence-corrected chi connectivity index (χ4v) is 1.71. The molecule has 1 heterocycles. The number of hydrogen-bond acceptors (Lipinski definition) is 5. The highest BCUT2D eigenvalue weighted by molar-refractivity contribution is 5.83. The van der Waals surface area contributed by atoms with Crippen molar-refractivity contribution in [3.63, 3.8) is 0 Å². The minimum Gasteiger partial charge on any atom is -0.373 e. The molecule has 0 saturated carbocycles. The van der Waals surface area contributed by atoms with Crippen LogP contribution in [0.3, 0.4) is 0 Å². The zero-order valence-electron chi connectivity index (χ0n) is 12.3. The Labute approximate surface area is 114 Å². The summed E-state index contributed by atoms with van der Waals surface area (Å²) in [5.74, 6) is 2.22. The Morgan fingerprint density at radius 3 is 2.53 bits per heavy atom. The van der Waals surface area contributed by atoms with E-state index < -0.39 is 0 Å². The molecule has 6 heteroatoms. The van der Waals surface area contributed by atoms with Crippen LogP contribution in [0.4, 0.5) is 11.6 Å². The Hall–Kier alpha value is -1.85. The maximum atomic E-state index is 11.8. The molecule has 106 valence electrons. The molecular weight excluding hydrogens is 242 g/mol. The van der Waals surface area contributed by atoms with Gasteiger partial charge in [-0.15, -0.1) is 0 Å². The summed E-state index contributed by atoms with van der Waals surface area (Å²) in [6.45, 7) is 3.91. The summed E-state index contributed by atoms with van der Waals surface area (Å²) in [5.41, 5.74) is 0. The van der Waals surface area contributed by atoms with Crippen LogP contribution in [0.15, 0.2) is 6.07 Å². The predicted octanol–water partition coefficient (Wildman–Crippen LogP) is 1.36. The van der Waals surface area contributed by atoms with Crippen LogP contribution in [0.25, 0.3) is 0 Å². The maximum Gasteiger partial charge on any atom is 0.244 e. The normalized spacial score (nSPS) is 11.8. The summed E-state index contributed by atoms with van der Waals surface area (Å²) >= 11 is 0. The Kier molecular flexibility index (Phi) is 5.54. The van der Waals surface area contributed by atoms with Crippen molar-refractivity contribution in [1.29, 1.82) is 0 Å². The van der Waals surface area contributed by atoms with Gasteiger partial charge < -0.3 is 15.5 Å². The number of aryl methyl sites for hydroxylation is 1. The average molecular weight is 265 g/mol. The van der Waals surface area contributed by atoms with Crippen LogP contribution in [0.5, 0.6) is 0 Å². The van der Waals surface area contributed by atoms with E-state index in [0.717, 1.165) is 24.5 Å². The molecule has 0 bridgehead atoms. The Bertz CT molecular complexity index is 433. The van der Waals surface area contributed by atoms with E-state index >= 15 is 0 Å². The summed E-state index contributed by atoms with van der Waals surface area (Å²) in [4.78, 5) is 22.2. The van der Waals surface area contributed by atoms with Gasteiger partial charge in [0, 0.05) is 33.6 Å². The zero-order chi connectivity index (χ0) is 14.4. The van der Waals surface area contributed by atoms with Gasteiger partial charge in [-0.25, -0.2) is 9.97 Å². The van der Waals surface area contributed by atoms with Crippen LogP contribution in [0.1, 0.15) is 26.1 Å². The number of nitrogens with zero attached hydrogens (tertiary/aromatic N) is 3. The number of hydrogen-bond donors (Lipinski definition) is 2. The number of likely N-dealkylation sites (N-methyl/N-ethyl adjacent to an activating group) is 1. The molecule has 2 N–H and O–H groups in total. The van der Waals surface area contributed by atoms with Crippen LogP contribution < -0.4 is 10.6 Å². The van der Waals surface area contributed by atoms with E-state index in [-0.39, 0.29) is 11.9 Å². The van der Waals surface area contributed by atoms with Crippen molar-refractivity contribution in [3.8, 4) is 0 Å². The molecule has 0 spiro atoms. The first-order valence-electron chi connectivity index (χ1n) is 6.51. The number of aromatic nitrogens is 2. The van der Waals surface area contributed by atoms with Crippen molar-refractivity contribution in [1.82, 2.24) is 14.9 Å². The van der Waals surface area contributed by atoms with Gasteiger partial charge in [0.1, 0.15) is 23.5 Å². The lowest BCUT2D eigenvalue weighted by atomic mass is 10.3. The SMILES string of the molecule is CCCc1nc(NC)cc(NC(C)C(=O)N(C)C)n1. The summed E-state index contributed by atoms with van der Waals surface area (Å²) in [6, 6.07) is 1.49. The van der Waals surface area contributed by atoms with E-state index in [1.807, 2.05) is 14.0 Å². The van der Waals surface area contributed by atoms with Crippen LogP contribution >= 0.6 is 0 Å². The molecule has 6 nitrogen and oxygen atoms in total. The lowest BCUT2D eigenvalue weighted by Gasteiger charge is -2.19. The molecular formula is C13H23N5O. The number of carbonyl (C=O) groups excluding carboxylic acids is 1. The third-order valence-electron chi connectivity index (χ3n) is 2.68. The largest absolute Gasteiger partial charge is 0.373 e. The van der Waals surface area contributed by atoms with Crippen molar-refractivity contribution >= 4 is 17.5 Å². The van der Waals surface area contributed by atoms with E-state index in [9.17, 15) is 4.79 Å². The first-order valence-corrected chi connectivity index (χ1v) is 6.51. The molecule has 1 rings (SSSR count). The molecule has 0 aliphatic heterocycles. The number of rotatable bonds is 6. The van der Waals surface area contributed by atoms with Gasteiger partial charge in [-0.05, 0) is 13.3 Å². The van der Waals surface area contributed by atoms with E-state index in [1.54, 1.807) is 25.1 Å². The fourth-order valence-electron chi connectivity index (χ4n) is 1.71. The number of nitrogens with one attached hydrogen (secondary N) is 2. The van der Waals surface area contributed by atoms with E-state index in [2.05, 4.69) is 27.5 Å². The summed E-state index contributed by atoms with van der Waals surface area (Å²) in [5, 5.41) is 6.12. The lowest BCUT2D eigenvalue weighted by molar-refractivity contribution is -0.129. The van der Waals surface area contributed by atoms with E-state index in [1.165, 1.54) is 0 Å². The van der Waals surface area contributed by atoms with Crippen LogP contribution in [0.2, 0.25) is 0 Å². The molecule has 0 aromatic carbocycles. The number of anilines is 2. The Balaban J connectivity index is 2.87. The number of amides is 1. The van der Waals surface area contributed by atoms with Gasteiger partial charge in [0.25, 0.3) is 0 Å². The van der Waals surface area contributed by atoms with Gasteiger partial charge in [0.15, 0.2) is 0 Å². The topological polar surface area (TPSA) is 70.2 Å². The molecule has 0 saturated heterocycles. The predicted molar refractivity (Wildman–Crippen MR) is 77.4 cm³/mol. The zero-order valence-corrected chi connectivity index (χ0v) is 12.3. The van der Waals surface area contributed by atoms with Gasteiger partial charge >= 0.3 is 0 Å². The van der Waals surface area contributed by atoms with Crippen molar-refractivity contribution in [2.75, 3.05) is 31.8 Å². The highest BCUT2D eigenvalue weighted by Crippen LogP contribution is 2.13. The minimum absolute atomic E-state index is 0.0154. The molecule has 19 heavy (non-hydrogen) atoms. The fraction of sp³-hybridized carbons (Fsp3) is 0.615. The van der Waals surface area contributed by atoms with Crippen LogP contribution in [-0.2, 0) is 11.2 Å². The Morgan fingerprint density at radius 1 is 1.37 bits per heavy atom. The summed E-state index contributed by atoms with van der Waals surface area (Å²) in [7, 11) is 5.29. The maximum absolute atomic E-state index is 11.8. The van der Waals surface area contributed by atoms with Crippen molar-refractivity contribution in [2.45, 2.75) is 32.7 Å². The van der Waals surface area contributed by atoms with Gasteiger partial charge in [0.2, 0.25) is 5.91 Å². The molecule has 1 aromatic rings. The molecule has 1 atom stereocenters. The van der Waals surface area contributed by atoms with E-state index in [4.69, 9.17) is 0 Å². The molecule has 1 aromatic heterocycles. The van der Waals surface area contributed by atoms with Gasteiger partial charge in [-0.3, -0.25) is 4.79 Å². The monoisotopic (exact) mass is 265 g/mol. The van der Waals surface area contributed by atoms with Gasteiger partial charge in [-0.2, -0.15) is 0 Å². The molecule has 0 aliphatic carbocycles. The second-order valence-corrected chi connectivity index (χ2v) is 4.65. The first kappa shape index (κ1) is 15.2. The highest BCUT2D eigenvalue weighted by atomic mass is 16.2. The molecule has 1 amide bonds. The van der Waals surface area contributed by atoms with Gasteiger partial charge in [-0.1, -0.05) is 6.92 Å². The van der Waals surface area contributed by atoms with Crippen LogP contribution in [-0.4, -0.2) is 48.0 Å². The number of carbonyl (C=O) groups is 1. The summed E-state index contributed by atoms with van der Waals surface area (Å²) in [6.07, 6.45) is 1.80. The van der Waals surface area contributed by atoms with Crippen molar-refractivity contribution in [2.24, 2.45) is 0 Å². The lowest BCUT2D eigenvalue weighted by Crippen LogP contribution is -2.36. The second-order valence-electron chi connectivity index (χ2n) is 4.65. The molecule has 1 unspecified atom stereocenters. The molecule has 0 radical (unpaired) electrons. The third kappa shape index (κ3) is 4.39. The van der Waals surface area contributed by atoms with Crippen molar-refractivity contribution in [3.05, 3.63) is 11.9 Å².